The third-order valence-corrected chi connectivity index (χ3v) is 3.12. The number of ether oxygens (including phenoxy) is 1. The first-order valence-electron chi connectivity index (χ1n) is 6.05. The smallest absolute Gasteiger partial charge is 0.250 e. The average Bonchev–Trinajstić information content (AvgIpc) is 2.30. The summed E-state index contributed by atoms with van der Waals surface area (Å²) in [4.78, 5) is 11.5. The van der Waals surface area contributed by atoms with Crippen LogP contribution in [0.1, 0.15) is 12.8 Å². The lowest BCUT2D eigenvalue weighted by Gasteiger charge is -2.33. The topological polar surface area (TPSA) is 64.3 Å². The van der Waals surface area contributed by atoms with E-state index in [-0.39, 0.29) is 24.3 Å². The molecule has 1 amide bonds. The number of benzene rings is 1. The molecule has 2 rings (SSSR count). The molecule has 1 fully saturated rings. The molecular weight excluding hydrogens is 235 g/mol. The molecule has 1 aliphatic carbocycles. The lowest BCUT2D eigenvalue weighted by Crippen LogP contribution is -2.37. The van der Waals surface area contributed by atoms with Gasteiger partial charge in [0.05, 0.1) is 11.8 Å². The average molecular weight is 252 g/mol. The summed E-state index contributed by atoms with van der Waals surface area (Å²) in [7, 11) is 0. The van der Waals surface area contributed by atoms with Gasteiger partial charge in [0, 0.05) is 0 Å². The SMILES string of the molecule is NCC1CC(OCC(=O)Nc2ccccc2F)C1. The van der Waals surface area contributed by atoms with Crippen LogP contribution in [0.25, 0.3) is 0 Å². The highest BCUT2D eigenvalue weighted by Gasteiger charge is 2.28. The molecule has 3 N–H and O–H groups in total. The summed E-state index contributed by atoms with van der Waals surface area (Å²) in [6.07, 6.45) is 1.93. The van der Waals surface area contributed by atoms with Crippen LogP contribution in [-0.2, 0) is 9.53 Å². The minimum absolute atomic E-state index is 0.0453. The van der Waals surface area contributed by atoms with E-state index in [2.05, 4.69) is 5.32 Å². The van der Waals surface area contributed by atoms with Crippen molar-refractivity contribution in [3.63, 3.8) is 0 Å². The van der Waals surface area contributed by atoms with Gasteiger partial charge in [0.15, 0.2) is 0 Å². The Kier molecular flexibility index (Phi) is 4.28. The Bertz CT molecular complexity index is 419. The second kappa shape index (κ2) is 5.93. The van der Waals surface area contributed by atoms with E-state index < -0.39 is 5.82 Å². The van der Waals surface area contributed by atoms with E-state index in [1.807, 2.05) is 0 Å². The Morgan fingerprint density at radius 2 is 2.17 bits per heavy atom. The zero-order valence-corrected chi connectivity index (χ0v) is 10.1. The third kappa shape index (κ3) is 3.27. The van der Waals surface area contributed by atoms with Crippen LogP contribution in [0.4, 0.5) is 10.1 Å². The molecule has 1 aromatic rings. The molecule has 0 aromatic heterocycles. The molecule has 0 heterocycles. The standard InChI is InChI=1S/C13H17FN2O2/c14-11-3-1-2-4-12(11)16-13(17)8-18-10-5-9(6-10)7-15/h1-4,9-10H,5-8,15H2,(H,16,17). The van der Waals surface area contributed by atoms with Crippen molar-refractivity contribution in [2.75, 3.05) is 18.5 Å². The second-order valence-corrected chi connectivity index (χ2v) is 4.53. The maximum atomic E-state index is 13.3. The minimum atomic E-state index is -0.447. The van der Waals surface area contributed by atoms with Crippen LogP contribution in [-0.4, -0.2) is 25.2 Å². The molecule has 0 atom stereocenters. The fourth-order valence-electron chi connectivity index (χ4n) is 1.95. The predicted octanol–water partition coefficient (Wildman–Crippen LogP) is 1.52. The molecule has 1 saturated carbocycles. The number of para-hydroxylation sites is 1. The minimum Gasteiger partial charge on any atom is -0.368 e. The van der Waals surface area contributed by atoms with Crippen LogP contribution in [0.5, 0.6) is 0 Å². The molecule has 1 aromatic carbocycles. The van der Waals surface area contributed by atoms with Crippen LogP contribution in [0.3, 0.4) is 0 Å². The van der Waals surface area contributed by atoms with E-state index in [0.717, 1.165) is 12.8 Å². The fraction of sp³-hybridized carbons (Fsp3) is 0.462. The number of halogens is 1. The number of anilines is 1. The summed E-state index contributed by atoms with van der Waals surface area (Å²) in [5.41, 5.74) is 5.67. The number of rotatable bonds is 5. The van der Waals surface area contributed by atoms with Crippen LogP contribution in [0.2, 0.25) is 0 Å². The normalized spacial score (nSPS) is 22.3. The quantitative estimate of drug-likeness (QED) is 0.835. The monoisotopic (exact) mass is 252 g/mol. The highest BCUT2D eigenvalue weighted by molar-refractivity contribution is 5.91. The second-order valence-electron chi connectivity index (χ2n) is 4.53. The van der Waals surface area contributed by atoms with E-state index in [1.165, 1.54) is 12.1 Å². The van der Waals surface area contributed by atoms with Gasteiger partial charge in [-0.25, -0.2) is 4.39 Å². The maximum absolute atomic E-state index is 13.3. The largest absolute Gasteiger partial charge is 0.368 e. The lowest BCUT2D eigenvalue weighted by atomic mass is 9.82. The number of carbonyl (C=O) groups excluding carboxylic acids is 1. The van der Waals surface area contributed by atoms with E-state index >= 15 is 0 Å². The summed E-state index contributed by atoms with van der Waals surface area (Å²) in [5, 5.41) is 2.48. The van der Waals surface area contributed by atoms with E-state index in [1.54, 1.807) is 12.1 Å². The molecule has 0 aliphatic heterocycles. The Balaban J connectivity index is 1.71. The summed E-state index contributed by atoms with van der Waals surface area (Å²) in [5.74, 6) is -0.265. The van der Waals surface area contributed by atoms with E-state index in [4.69, 9.17) is 10.5 Å². The first-order valence-corrected chi connectivity index (χ1v) is 6.05. The summed E-state index contributed by atoms with van der Waals surface area (Å²) < 4.78 is 18.6. The molecule has 0 saturated heterocycles. The number of hydrogen-bond donors (Lipinski definition) is 2. The van der Waals surface area contributed by atoms with Crippen molar-refractivity contribution in [1.82, 2.24) is 0 Å². The third-order valence-electron chi connectivity index (χ3n) is 3.12. The zero-order valence-electron chi connectivity index (χ0n) is 10.1. The molecular formula is C13H17FN2O2. The van der Waals surface area contributed by atoms with Gasteiger partial charge in [-0.3, -0.25) is 4.79 Å². The van der Waals surface area contributed by atoms with Crippen molar-refractivity contribution < 1.29 is 13.9 Å². The molecule has 5 heteroatoms. The van der Waals surface area contributed by atoms with Gasteiger partial charge in [0.1, 0.15) is 12.4 Å². The number of nitrogens with one attached hydrogen (secondary N) is 1. The van der Waals surface area contributed by atoms with Crippen LogP contribution in [0.15, 0.2) is 24.3 Å². The summed E-state index contributed by atoms with van der Waals surface area (Å²) >= 11 is 0. The van der Waals surface area contributed by atoms with Crippen molar-refractivity contribution in [2.24, 2.45) is 11.7 Å². The van der Waals surface area contributed by atoms with Crippen molar-refractivity contribution in [3.8, 4) is 0 Å². The molecule has 0 bridgehead atoms. The molecule has 0 unspecified atom stereocenters. The van der Waals surface area contributed by atoms with E-state index in [9.17, 15) is 9.18 Å². The Morgan fingerprint density at radius 1 is 1.44 bits per heavy atom. The number of amides is 1. The first-order chi connectivity index (χ1) is 8.69. The zero-order chi connectivity index (χ0) is 13.0. The van der Waals surface area contributed by atoms with Gasteiger partial charge in [-0.2, -0.15) is 0 Å². The van der Waals surface area contributed by atoms with Gasteiger partial charge in [-0.1, -0.05) is 12.1 Å². The van der Waals surface area contributed by atoms with Gasteiger partial charge < -0.3 is 15.8 Å². The first kappa shape index (κ1) is 13.0. The Labute approximate surface area is 105 Å². The van der Waals surface area contributed by atoms with Gasteiger partial charge in [0.25, 0.3) is 0 Å². The molecule has 4 nitrogen and oxygen atoms in total. The summed E-state index contributed by atoms with van der Waals surface area (Å²) in [6, 6.07) is 6.05. The highest BCUT2D eigenvalue weighted by Crippen LogP contribution is 2.28. The maximum Gasteiger partial charge on any atom is 0.250 e. The van der Waals surface area contributed by atoms with Crippen molar-refractivity contribution >= 4 is 11.6 Å². The Hall–Kier alpha value is -1.46. The van der Waals surface area contributed by atoms with Crippen molar-refractivity contribution in [2.45, 2.75) is 18.9 Å². The van der Waals surface area contributed by atoms with Gasteiger partial charge in [-0.15, -0.1) is 0 Å². The predicted molar refractivity (Wildman–Crippen MR) is 66.5 cm³/mol. The highest BCUT2D eigenvalue weighted by atomic mass is 19.1. The van der Waals surface area contributed by atoms with Crippen LogP contribution < -0.4 is 11.1 Å². The number of hydrogen-bond acceptors (Lipinski definition) is 3. The summed E-state index contributed by atoms with van der Waals surface area (Å²) in [6.45, 7) is 0.623. The van der Waals surface area contributed by atoms with Crippen molar-refractivity contribution in [1.29, 1.82) is 0 Å². The van der Waals surface area contributed by atoms with Crippen LogP contribution >= 0.6 is 0 Å². The van der Waals surface area contributed by atoms with Crippen molar-refractivity contribution in [3.05, 3.63) is 30.1 Å². The van der Waals surface area contributed by atoms with Crippen LogP contribution in [0, 0.1) is 11.7 Å². The Morgan fingerprint density at radius 3 is 2.83 bits per heavy atom. The number of nitrogens with two attached hydrogens (primary N) is 1. The number of carbonyl (C=O) groups is 1. The molecule has 18 heavy (non-hydrogen) atoms. The van der Waals surface area contributed by atoms with Gasteiger partial charge in [0.2, 0.25) is 5.91 Å². The lowest BCUT2D eigenvalue weighted by molar-refractivity contribution is -0.125. The molecule has 0 spiro atoms. The molecule has 0 radical (unpaired) electrons. The van der Waals surface area contributed by atoms with E-state index in [0.29, 0.717) is 12.5 Å². The van der Waals surface area contributed by atoms with Gasteiger partial charge >= 0.3 is 0 Å². The fourth-order valence-corrected chi connectivity index (χ4v) is 1.95. The van der Waals surface area contributed by atoms with Gasteiger partial charge in [-0.05, 0) is 37.4 Å². The molecule has 1 aliphatic rings. The molecule has 98 valence electrons.